The van der Waals surface area contributed by atoms with Gasteiger partial charge in [-0.25, -0.2) is 13.2 Å². The zero-order valence-corrected chi connectivity index (χ0v) is 25.6. The van der Waals surface area contributed by atoms with Crippen LogP contribution in [-0.2, 0) is 20.5 Å². The lowest BCUT2D eigenvalue weighted by atomic mass is 10.0. The first-order valence-electron chi connectivity index (χ1n) is 13.6. The standard InChI is InChI=1S/C30H22Cl3F6N3O4/c1-12-2-9-21(46-12)27(44)42-25-19(35)7-8-20(24(25)36)41-26(43)15-11-14(4-5-17(15)31)40-28(45)23-22(29(23,32)33)13-3-6-18(34)16(10-13)30(37,38)39/h3-8,10-12,21-23H,2,9H2,1H3,(H,40,45)(H,41,43)(H,42,44)/t12?,21?,22-,23+/m0/s1. The first-order valence-corrected chi connectivity index (χ1v) is 14.7. The van der Waals surface area contributed by atoms with E-state index in [1.54, 1.807) is 6.92 Å². The molecule has 2 aliphatic rings. The number of carbonyl (C=O) groups is 3. The molecule has 1 heterocycles. The molecule has 3 aromatic carbocycles. The lowest BCUT2D eigenvalue weighted by Crippen LogP contribution is -2.28. The fourth-order valence-electron chi connectivity index (χ4n) is 5.17. The molecule has 1 saturated heterocycles. The van der Waals surface area contributed by atoms with Gasteiger partial charge in [-0.3, -0.25) is 14.4 Å². The highest BCUT2D eigenvalue weighted by Crippen LogP contribution is 2.65. The molecule has 244 valence electrons. The van der Waals surface area contributed by atoms with E-state index >= 15 is 4.39 Å². The summed E-state index contributed by atoms with van der Waals surface area (Å²) >= 11 is 18.6. The molecule has 2 fully saturated rings. The number of carbonyl (C=O) groups excluding carboxylic acids is 3. The Morgan fingerprint density at radius 3 is 2.24 bits per heavy atom. The van der Waals surface area contributed by atoms with Gasteiger partial charge in [0.15, 0.2) is 5.82 Å². The van der Waals surface area contributed by atoms with E-state index in [2.05, 4.69) is 16.0 Å². The normalized spacial score (nSPS) is 21.9. The van der Waals surface area contributed by atoms with Gasteiger partial charge in [0.2, 0.25) is 5.91 Å². The number of hydrogen-bond donors (Lipinski definition) is 3. The summed E-state index contributed by atoms with van der Waals surface area (Å²) in [5.74, 6) is -8.81. The number of ether oxygens (including phenoxy) is 1. The van der Waals surface area contributed by atoms with Gasteiger partial charge in [-0.1, -0.05) is 17.7 Å². The largest absolute Gasteiger partial charge is 0.419 e. The Morgan fingerprint density at radius 2 is 1.59 bits per heavy atom. The average molecular weight is 709 g/mol. The highest BCUT2D eigenvalue weighted by atomic mass is 35.5. The lowest BCUT2D eigenvalue weighted by molar-refractivity contribution is -0.140. The van der Waals surface area contributed by atoms with Gasteiger partial charge in [-0.15, -0.1) is 23.2 Å². The van der Waals surface area contributed by atoms with Crippen molar-refractivity contribution in [2.45, 2.75) is 48.4 Å². The van der Waals surface area contributed by atoms with E-state index < -0.39 is 80.6 Å². The molecule has 0 spiro atoms. The van der Waals surface area contributed by atoms with Crippen molar-refractivity contribution < 1.29 is 45.5 Å². The smallest absolute Gasteiger partial charge is 0.365 e. The molecule has 0 radical (unpaired) electrons. The molecule has 7 nitrogen and oxygen atoms in total. The molecule has 0 bridgehead atoms. The Labute approximate surface area is 272 Å². The van der Waals surface area contributed by atoms with Crippen LogP contribution in [0.5, 0.6) is 0 Å². The topological polar surface area (TPSA) is 96.5 Å². The van der Waals surface area contributed by atoms with Crippen molar-refractivity contribution in [1.29, 1.82) is 0 Å². The minimum atomic E-state index is -5.00. The maximum absolute atomic E-state index is 15.2. The summed E-state index contributed by atoms with van der Waals surface area (Å²) in [7, 11) is 0. The second-order valence-electron chi connectivity index (χ2n) is 10.8. The molecule has 1 saturated carbocycles. The summed E-state index contributed by atoms with van der Waals surface area (Å²) < 4.78 is 86.7. The van der Waals surface area contributed by atoms with Crippen LogP contribution in [0.1, 0.15) is 47.2 Å². The van der Waals surface area contributed by atoms with Crippen molar-refractivity contribution in [2.24, 2.45) is 5.92 Å². The molecule has 2 unspecified atom stereocenters. The van der Waals surface area contributed by atoms with Gasteiger partial charge in [0, 0.05) is 11.6 Å². The van der Waals surface area contributed by atoms with Crippen molar-refractivity contribution in [3.63, 3.8) is 0 Å². The number of nitrogens with one attached hydrogen (secondary N) is 3. The third kappa shape index (κ3) is 6.78. The summed E-state index contributed by atoms with van der Waals surface area (Å²) in [5.41, 5.74) is -3.23. The van der Waals surface area contributed by atoms with Crippen molar-refractivity contribution in [1.82, 2.24) is 0 Å². The second-order valence-corrected chi connectivity index (χ2v) is 12.6. The molecule has 46 heavy (non-hydrogen) atoms. The summed E-state index contributed by atoms with van der Waals surface area (Å²) in [6.07, 6.45) is -5.13. The van der Waals surface area contributed by atoms with Gasteiger partial charge >= 0.3 is 6.18 Å². The average Bonchev–Trinajstić information content (AvgIpc) is 3.29. The lowest BCUT2D eigenvalue weighted by Gasteiger charge is -2.15. The Kier molecular flexibility index (Phi) is 9.26. The molecule has 0 aromatic heterocycles. The van der Waals surface area contributed by atoms with E-state index in [4.69, 9.17) is 39.5 Å². The highest BCUT2D eigenvalue weighted by molar-refractivity contribution is 6.53. The SMILES string of the molecule is CC1CCC(C(=O)Nc2c(F)ccc(NC(=O)c3cc(NC(=O)[C@H]4[C@H](c5ccc(F)c(C(F)(F)F)c5)C4(Cl)Cl)ccc3Cl)c2F)O1. The molecule has 3 N–H and O–H groups in total. The van der Waals surface area contributed by atoms with E-state index in [1.165, 1.54) is 12.1 Å². The molecule has 3 aromatic rings. The van der Waals surface area contributed by atoms with Crippen molar-refractivity contribution in [2.75, 3.05) is 16.0 Å². The molecular weight excluding hydrogens is 687 g/mol. The molecule has 16 heteroatoms. The predicted octanol–water partition coefficient (Wildman–Crippen LogP) is 8.06. The van der Waals surface area contributed by atoms with E-state index in [1.807, 2.05) is 0 Å². The Hall–Kier alpha value is -3.52. The van der Waals surface area contributed by atoms with Gasteiger partial charge in [-0.05, 0) is 67.8 Å². The molecular formula is C30H22Cl3F6N3O4. The van der Waals surface area contributed by atoms with Crippen LogP contribution in [0.2, 0.25) is 5.02 Å². The third-order valence-electron chi connectivity index (χ3n) is 7.58. The quantitative estimate of drug-likeness (QED) is 0.171. The van der Waals surface area contributed by atoms with Gasteiger partial charge in [0.05, 0.1) is 33.9 Å². The van der Waals surface area contributed by atoms with E-state index in [0.29, 0.717) is 25.0 Å². The first kappa shape index (κ1) is 33.8. The van der Waals surface area contributed by atoms with Crippen LogP contribution in [-0.4, -0.2) is 34.3 Å². The zero-order chi connectivity index (χ0) is 33.7. The molecule has 1 aliphatic carbocycles. The highest BCUT2D eigenvalue weighted by Gasteiger charge is 2.67. The molecule has 5 rings (SSSR count). The van der Waals surface area contributed by atoms with Gasteiger partial charge in [0.25, 0.3) is 11.8 Å². The van der Waals surface area contributed by atoms with Gasteiger partial charge < -0.3 is 20.7 Å². The number of benzene rings is 3. The maximum Gasteiger partial charge on any atom is 0.419 e. The van der Waals surface area contributed by atoms with Gasteiger partial charge in [0.1, 0.15) is 27.8 Å². The van der Waals surface area contributed by atoms with Crippen molar-refractivity contribution in [3.05, 3.63) is 87.7 Å². The van der Waals surface area contributed by atoms with Crippen LogP contribution >= 0.6 is 34.8 Å². The summed E-state index contributed by atoms with van der Waals surface area (Å²) in [6.45, 7) is 1.76. The predicted molar refractivity (Wildman–Crippen MR) is 159 cm³/mol. The molecule has 1 aliphatic heterocycles. The van der Waals surface area contributed by atoms with Crippen LogP contribution < -0.4 is 16.0 Å². The van der Waals surface area contributed by atoms with Crippen LogP contribution in [0.25, 0.3) is 0 Å². The number of hydrogen-bond acceptors (Lipinski definition) is 4. The number of halogens is 9. The Bertz CT molecular complexity index is 1740. The summed E-state index contributed by atoms with van der Waals surface area (Å²) in [5, 5.41) is 6.72. The molecule has 4 atom stereocenters. The van der Waals surface area contributed by atoms with E-state index in [0.717, 1.165) is 24.3 Å². The fraction of sp³-hybridized carbons (Fsp3) is 0.300. The number of alkyl halides is 5. The number of rotatable bonds is 7. The zero-order valence-electron chi connectivity index (χ0n) is 23.4. The number of anilines is 3. The maximum atomic E-state index is 15.2. The Balaban J connectivity index is 1.30. The minimum absolute atomic E-state index is 0.0113. The fourth-order valence-corrected chi connectivity index (χ4v) is 6.20. The molecule has 3 amide bonds. The summed E-state index contributed by atoms with van der Waals surface area (Å²) in [6, 6.07) is 7.60. The summed E-state index contributed by atoms with van der Waals surface area (Å²) in [4.78, 5) is 38.6. The second kappa shape index (κ2) is 12.6. The van der Waals surface area contributed by atoms with Crippen molar-refractivity contribution in [3.8, 4) is 0 Å². The van der Waals surface area contributed by atoms with Crippen LogP contribution in [0.4, 0.5) is 43.4 Å². The third-order valence-corrected chi connectivity index (χ3v) is 8.85. The van der Waals surface area contributed by atoms with Crippen molar-refractivity contribution >= 4 is 69.6 Å². The first-order chi connectivity index (χ1) is 21.5. The Morgan fingerprint density at radius 1 is 0.891 bits per heavy atom. The van der Waals surface area contributed by atoms with Crippen LogP contribution in [0.15, 0.2) is 48.5 Å². The van der Waals surface area contributed by atoms with Crippen LogP contribution in [0.3, 0.4) is 0 Å². The minimum Gasteiger partial charge on any atom is -0.365 e. The van der Waals surface area contributed by atoms with Gasteiger partial charge in [-0.2, -0.15) is 13.2 Å². The van der Waals surface area contributed by atoms with E-state index in [-0.39, 0.29) is 27.9 Å². The van der Waals surface area contributed by atoms with E-state index in [9.17, 15) is 36.3 Å². The number of amides is 3. The monoisotopic (exact) mass is 707 g/mol. The van der Waals surface area contributed by atoms with Crippen LogP contribution in [0, 0.1) is 23.4 Å².